The minimum Gasteiger partial charge on any atom is -0.475 e. The van der Waals surface area contributed by atoms with E-state index in [-0.39, 0.29) is 11.7 Å². The van der Waals surface area contributed by atoms with Gasteiger partial charge in [0.2, 0.25) is 0 Å². The first-order valence-electron chi connectivity index (χ1n) is 13.4. The molecule has 1 fully saturated rings. The van der Waals surface area contributed by atoms with Crippen molar-refractivity contribution in [3.63, 3.8) is 0 Å². The van der Waals surface area contributed by atoms with Crippen molar-refractivity contribution in [1.29, 1.82) is 0 Å². The fourth-order valence-electron chi connectivity index (χ4n) is 5.65. The first kappa shape index (κ1) is 25.6. The lowest BCUT2D eigenvalue weighted by Crippen LogP contribution is -2.32. The average molecular weight is 482 g/mol. The molecule has 0 saturated carbocycles. The van der Waals surface area contributed by atoms with Gasteiger partial charge in [-0.2, -0.15) is 0 Å². The van der Waals surface area contributed by atoms with Crippen LogP contribution in [0.2, 0.25) is 0 Å². The first-order chi connectivity index (χ1) is 16.5. The van der Waals surface area contributed by atoms with E-state index >= 15 is 0 Å². The van der Waals surface area contributed by atoms with E-state index in [1.807, 2.05) is 11.8 Å². The van der Waals surface area contributed by atoms with E-state index in [2.05, 4.69) is 69.0 Å². The number of nitrogens with zero attached hydrogens (tertiary/aromatic N) is 1. The van der Waals surface area contributed by atoms with E-state index in [1.54, 1.807) is 0 Å². The van der Waals surface area contributed by atoms with Crippen molar-refractivity contribution in [1.82, 2.24) is 4.90 Å². The highest BCUT2D eigenvalue weighted by Gasteiger charge is 2.40. The lowest BCUT2D eigenvalue weighted by Gasteiger charge is -2.28. The number of rotatable bonds is 11. The van der Waals surface area contributed by atoms with Crippen molar-refractivity contribution in [2.45, 2.75) is 114 Å². The Morgan fingerprint density at radius 3 is 2.44 bits per heavy atom. The Labute approximate surface area is 211 Å². The van der Waals surface area contributed by atoms with Crippen LogP contribution in [0.1, 0.15) is 99.9 Å². The van der Waals surface area contributed by atoms with E-state index < -0.39 is 0 Å². The van der Waals surface area contributed by atoms with Crippen molar-refractivity contribution >= 4 is 11.8 Å². The van der Waals surface area contributed by atoms with Gasteiger partial charge in [0.1, 0.15) is 5.75 Å². The number of hydrogen-bond donors (Lipinski definition) is 1. The predicted octanol–water partition coefficient (Wildman–Crippen LogP) is 7.95. The maximum atomic E-state index is 10.3. The third kappa shape index (κ3) is 5.66. The quantitative estimate of drug-likeness (QED) is 0.353. The molecule has 0 radical (unpaired) electrons. The fraction of sp³-hybridized carbons (Fsp3) is 0.600. The zero-order valence-corrected chi connectivity index (χ0v) is 22.4. The summed E-state index contributed by atoms with van der Waals surface area (Å²) in [6.07, 6.45) is 11.5. The third-order valence-corrected chi connectivity index (χ3v) is 9.31. The molecule has 0 aromatic heterocycles. The van der Waals surface area contributed by atoms with Gasteiger partial charge >= 0.3 is 0 Å². The Balaban J connectivity index is 1.44. The minimum atomic E-state index is -0.0893. The van der Waals surface area contributed by atoms with E-state index in [9.17, 15) is 5.11 Å². The standard InChI is InChI=1S/C30H43NO2S/c1-5-7-17-30(18-8-6-2)33-28-16-12-25(20-29(28)34-30)27-15-14-26(31(27)21-32)13-11-24-10-9-22(3)23(4)19-24/h9-10,12,16,19-20,26-27,32H,5-8,11,13-15,17-18,21H2,1-4H3. The van der Waals surface area contributed by atoms with Crippen LogP contribution in [-0.2, 0) is 6.42 Å². The van der Waals surface area contributed by atoms with E-state index in [1.165, 1.54) is 52.8 Å². The van der Waals surface area contributed by atoms with Gasteiger partial charge in [-0.3, -0.25) is 4.90 Å². The van der Waals surface area contributed by atoms with Gasteiger partial charge in [0.25, 0.3) is 0 Å². The van der Waals surface area contributed by atoms with Crippen LogP contribution < -0.4 is 4.74 Å². The number of ether oxygens (including phenoxy) is 1. The van der Waals surface area contributed by atoms with Crippen molar-refractivity contribution in [3.8, 4) is 5.75 Å². The summed E-state index contributed by atoms with van der Waals surface area (Å²) in [6.45, 7) is 9.02. The van der Waals surface area contributed by atoms with Gasteiger partial charge < -0.3 is 9.84 Å². The highest BCUT2D eigenvalue weighted by atomic mass is 32.2. The topological polar surface area (TPSA) is 32.7 Å². The number of benzene rings is 2. The predicted molar refractivity (Wildman–Crippen MR) is 144 cm³/mol. The lowest BCUT2D eigenvalue weighted by atomic mass is 10.00. The average Bonchev–Trinajstić information content (AvgIpc) is 3.42. The molecule has 186 valence electrons. The summed E-state index contributed by atoms with van der Waals surface area (Å²) in [5.41, 5.74) is 5.46. The SMILES string of the molecule is CCCCC1(CCCC)Oc2ccc(C3CCC(CCc4ccc(C)c(C)c4)N3CO)cc2S1. The number of aliphatic hydroxyl groups excluding tert-OH is 1. The summed E-state index contributed by atoms with van der Waals surface area (Å²) in [4.78, 5) is 3.53. The molecule has 2 heterocycles. The maximum Gasteiger partial charge on any atom is 0.159 e. The highest BCUT2D eigenvalue weighted by Crippen LogP contribution is 2.53. The summed E-state index contributed by atoms with van der Waals surface area (Å²) in [6, 6.07) is 14.3. The number of fused-ring (bicyclic) bond motifs is 1. The molecule has 4 heteroatoms. The molecule has 2 aliphatic rings. The van der Waals surface area contributed by atoms with Gasteiger partial charge in [0.15, 0.2) is 4.93 Å². The number of hydrogen-bond acceptors (Lipinski definition) is 4. The van der Waals surface area contributed by atoms with Gasteiger partial charge in [-0.1, -0.05) is 62.7 Å². The van der Waals surface area contributed by atoms with Crippen molar-refractivity contribution in [2.24, 2.45) is 0 Å². The minimum absolute atomic E-state index is 0.0893. The van der Waals surface area contributed by atoms with Gasteiger partial charge in [-0.15, -0.1) is 0 Å². The molecule has 0 aliphatic carbocycles. The van der Waals surface area contributed by atoms with Gasteiger partial charge in [-0.05, 0) is 99.6 Å². The second-order valence-electron chi connectivity index (χ2n) is 10.4. The molecular weight excluding hydrogens is 438 g/mol. The van der Waals surface area contributed by atoms with Gasteiger partial charge in [0, 0.05) is 12.1 Å². The van der Waals surface area contributed by atoms with Gasteiger partial charge in [-0.25, -0.2) is 0 Å². The first-order valence-corrected chi connectivity index (χ1v) is 14.2. The van der Waals surface area contributed by atoms with Crippen LogP contribution in [0.3, 0.4) is 0 Å². The fourth-order valence-corrected chi connectivity index (χ4v) is 7.08. The Kier molecular flexibility index (Phi) is 8.66. The Hall–Kier alpha value is -1.49. The summed E-state index contributed by atoms with van der Waals surface area (Å²) < 4.78 is 6.60. The normalized spacial score (nSPS) is 21.6. The van der Waals surface area contributed by atoms with Crippen LogP contribution >= 0.6 is 11.8 Å². The molecule has 0 bridgehead atoms. The highest BCUT2D eigenvalue weighted by molar-refractivity contribution is 8.00. The molecule has 2 unspecified atom stereocenters. The zero-order chi connectivity index (χ0) is 24.1. The Morgan fingerprint density at radius 1 is 1.00 bits per heavy atom. The molecule has 2 aromatic carbocycles. The molecule has 0 spiro atoms. The van der Waals surface area contributed by atoms with Crippen LogP contribution in [-0.4, -0.2) is 27.7 Å². The number of unbranched alkanes of at least 4 members (excludes halogenated alkanes) is 2. The summed E-state index contributed by atoms with van der Waals surface area (Å²) in [5, 5.41) is 10.3. The molecule has 0 amide bonds. The lowest BCUT2D eigenvalue weighted by molar-refractivity contribution is 0.0595. The van der Waals surface area contributed by atoms with E-state index in [4.69, 9.17) is 4.74 Å². The number of aryl methyl sites for hydroxylation is 3. The zero-order valence-electron chi connectivity index (χ0n) is 21.6. The Bertz CT molecular complexity index is 951. The van der Waals surface area contributed by atoms with Gasteiger partial charge in [0.05, 0.1) is 11.6 Å². The number of thioether (sulfide) groups is 1. The van der Waals surface area contributed by atoms with Crippen molar-refractivity contribution in [3.05, 3.63) is 58.7 Å². The molecule has 4 rings (SSSR count). The van der Waals surface area contributed by atoms with Crippen LogP contribution in [0.4, 0.5) is 0 Å². The van der Waals surface area contributed by atoms with Crippen LogP contribution in [0.5, 0.6) is 5.75 Å². The van der Waals surface area contributed by atoms with E-state index in [0.29, 0.717) is 12.1 Å². The van der Waals surface area contributed by atoms with E-state index in [0.717, 1.165) is 44.3 Å². The molecule has 1 saturated heterocycles. The van der Waals surface area contributed by atoms with Crippen LogP contribution in [0.15, 0.2) is 41.3 Å². The number of likely N-dealkylation sites (tertiary alicyclic amines) is 1. The molecule has 2 aliphatic heterocycles. The molecular formula is C30H43NO2S. The third-order valence-electron chi connectivity index (χ3n) is 7.91. The second-order valence-corrected chi connectivity index (χ2v) is 11.8. The molecule has 1 N–H and O–H groups in total. The summed E-state index contributed by atoms with van der Waals surface area (Å²) in [5.74, 6) is 1.06. The maximum absolute atomic E-state index is 10.3. The van der Waals surface area contributed by atoms with Crippen molar-refractivity contribution in [2.75, 3.05) is 6.73 Å². The largest absolute Gasteiger partial charge is 0.475 e. The van der Waals surface area contributed by atoms with Crippen LogP contribution in [0, 0.1) is 13.8 Å². The summed E-state index contributed by atoms with van der Waals surface area (Å²) in [7, 11) is 0. The molecule has 34 heavy (non-hydrogen) atoms. The number of aliphatic hydroxyl groups is 1. The molecule has 3 nitrogen and oxygen atoms in total. The molecule has 2 atom stereocenters. The van der Waals surface area contributed by atoms with Crippen LogP contribution in [0.25, 0.3) is 0 Å². The smallest absolute Gasteiger partial charge is 0.159 e. The second kappa shape index (κ2) is 11.5. The van der Waals surface area contributed by atoms with Crippen molar-refractivity contribution < 1.29 is 9.84 Å². The summed E-state index contributed by atoms with van der Waals surface area (Å²) >= 11 is 1.95. The monoisotopic (exact) mass is 481 g/mol. The Morgan fingerprint density at radius 2 is 1.76 bits per heavy atom. The molecule has 2 aromatic rings.